The van der Waals surface area contributed by atoms with Crippen LogP contribution < -0.4 is 5.32 Å². The third kappa shape index (κ3) is 3.93. The molecule has 1 aliphatic heterocycles. The minimum Gasteiger partial charge on any atom is -0.312 e. The van der Waals surface area contributed by atoms with Crippen molar-refractivity contribution in [2.75, 3.05) is 33.7 Å². The van der Waals surface area contributed by atoms with Crippen LogP contribution in [0.4, 0.5) is 0 Å². The third-order valence-corrected chi connectivity index (χ3v) is 5.13. The van der Waals surface area contributed by atoms with Gasteiger partial charge >= 0.3 is 0 Å². The molecule has 0 amide bonds. The van der Waals surface area contributed by atoms with Crippen molar-refractivity contribution in [3.63, 3.8) is 0 Å². The second-order valence-electron chi connectivity index (χ2n) is 6.95. The molecule has 3 nitrogen and oxygen atoms in total. The lowest BCUT2D eigenvalue weighted by Gasteiger charge is -2.41. The molecule has 2 fully saturated rings. The van der Waals surface area contributed by atoms with Crippen molar-refractivity contribution in [1.29, 1.82) is 0 Å². The Hall–Kier alpha value is -0.120. The van der Waals surface area contributed by atoms with Gasteiger partial charge in [-0.3, -0.25) is 4.90 Å². The van der Waals surface area contributed by atoms with Gasteiger partial charge in [-0.15, -0.1) is 0 Å². The van der Waals surface area contributed by atoms with E-state index in [9.17, 15) is 0 Å². The molecule has 0 aromatic heterocycles. The summed E-state index contributed by atoms with van der Waals surface area (Å²) < 4.78 is 0. The molecule has 1 saturated heterocycles. The van der Waals surface area contributed by atoms with Gasteiger partial charge in [0.25, 0.3) is 0 Å². The SMILES string of the molecule is CCCNC1CCC(C)CC1N1CCC(N(C)C)C1. The molecule has 3 heteroatoms. The molecule has 0 bridgehead atoms. The molecule has 0 radical (unpaired) electrons. The highest BCUT2D eigenvalue weighted by Gasteiger charge is 2.36. The molecule has 1 heterocycles. The van der Waals surface area contributed by atoms with Crippen molar-refractivity contribution in [2.45, 2.75) is 64.1 Å². The smallest absolute Gasteiger partial charge is 0.0252 e. The van der Waals surface area contributed by atoms with Crippen LogP contribution in [0.2, 0.25) is 0 Å². The lowest BCUT2D eigenvalue weighted by Crippen LogP contribution is -2.53. The van der Waals surface area contributed by atoms with Crippen molar-refractivity contribution < 1.29 is 0 Å². The summed E-state index contributed by atoms with van der Waals surface area (Å²) in [5.41, 5.74) is 0. The Kier molecular flexibility index (Phi) is 5.67. The van der Waals surface area contributed by atoms with Crippen LogP contribution in [-0.4, -0.2) is 61.7 Å². The zero-order valence-electron chi connectivity index (χ0n) is 13.4. The lowest BCUT2D eigenvalue weighted by molar-refractivity contribution is 0.116. The Morgan fingerprint density at radius 3 is 2.63 bits per heavy atom. The lowest BCUT2D eigenvalue weighted by atomic mass is 9.82. The van der Waals surface area contributed by atoms with Gasteiger partial charge in [0.15, 0.2) is 0 Å². The van der Waals surface area contributed by atoms with Gasteiger partial charge in [-0.25, -0.2) is 0 Å². The van der Waals surface area contributed by atoms with E-state index in [1.165, 1.54) is 51.7 Å². The molecule has 1 N–H and O–H groups in total. The quantitative estimate of drug-likeness (QED) is 0.824. The number of likely N-dealkylation sites (tertiary alicyclic amines) is 1. The van der Waals surface area contributed by atoms with E-state index in [2.05, 4.69) is 43.1 Å². The van der Waals surface area contributed by atoms with Gasteiger partial charge in [0.2, 0.25) is 0 Å². The minimum atomic E-state index is 0.733. The normalized spacial score (nSPS) is 37.1. The number of hydrogen-bond acceptors (Lipinski definition) is 3. The summed E-state index contributed by atoms with van der Waals surface area (Å²) in [6, 6.07) is 2.28. The van der Waals surface area contributed by atoms with E-state index < -0.39 is 0 Å². The Bertz CT molecular complexity index is 265. The van der Waals surface area contributed by atoms with Gasteiger partial charge in [-0.2, -0.15) is 0 Å². The van der Waals surface area contributed by atoms with Crippen molar-refractivity contribution >= 4 is 0 Å². The Morgan fingerprint density at radius 2 is 2.00 bits per heavy atom. The van der Waals surface area contributed by atoms with Crippen LogP contribution in [0.1, 0.15) is 46.0 Å². The summed E-state index contributed by atoms with van der Waals surface area (Å²) in [5, 5.41) is 3.81. The third-order valence-electron chi connectivity index (χ3n) is 5.13. The van der Waals surface area contributed by atoms with Gasteiger partial charge in [-0.05, 0) is 58.7 Å². The minimum absolute atomic E-state index is 0.733. The van der Waals surface area contributed by atoms with Crippen LogP contribution in [0.15, 0.2) is 0 Å². The summed E-state index contributed by atoms with van der Waals surface area (Å²) in [6.45, 7) is 8.45. The summed E-state index contributed by atoms with van der Waals surface area (Å²) in [7, 11) is 4.45. The van der Waals surface area contributed by atoms with E-state index in [1.807, 2.05) is 0 Å². The fourth-order valence-electron chi connectivity index (χ4n) is 3.81. The molecule has 2 aliphatic rings. The van der Waals surface area contributed by atoms with E-state index in [-0.39, 0.29) is 0 Å². The Morgan fingerprint density at radius 1 is 1.21 bits per heavy atom. The zero-order chi connectivity index (χ0) is 13.8. The van der Waals surface area contributed by atoms with E-state index in [4.69, 9.17) is 0 Å². The number of likely N-dealkylation sites (N-methyl/N-ethyl adjacent to an activating group) is 1. The Labute approximate surface area is 119 Å². The highest BCUT2D eigenvalue weighted by Crippen LogP contribution is 2.30. The average molecular weight is 267 g/mol. The first kappa shape index (κ1) is 15.3. The molecular weight excluding hydrogens is 234 g/mol. The van der Waals surface area contributed by atoms with Crippen molar-refractivity contribution in [3.05, 3.63) is 0 Å². The van der Waals surface area contributed by atoms with Crippen LogP contribution in [0.3, 0.4) is 0 Å². The van der Waals surface area contributed by atoms with Gasteiger partial charge in [0.05, 0.1) is 0 Å². The molecule has 19 heavy (non-hydrogen) atoms. The fraction of sp³-hybridized carbons (Fsp3) is 1.00. The summed E-state index contributed by atoms with van der Waals surface area (Å²) in [4.78, 5) is 5.17. The average Bonchev–Trinajstić information content (AvgIpc) is 2.87. The fourth-order valence-corrected chi connectivity index (χ4v) is 3.81. The Balaban J connectivity index is 1.93. The molecule has 2 rings (SSSR count). The number of rotatable bonds is 5. The molecule has 1 aliphatic carbocycles. The summed E-state index contributed by atoms with van der Waals surface area (Å²) >= 11 is 0. The van der Waals surface area contributed by atoms with Gasteiger partial charge < -0.3 is 10.2 Å². The maximum Gasteiger partial charge on any atom is 0.0252 e. The van der Waals surface area contributed by atoms with Crippen LogP contribution in [0, 0.1) is 5.92 Å². The molecule has 0 aromatic carbocycles. The van der Waals surface area contributed by atoms with Crippen LogP contribution in [0.25, 0.3) is 0 Å². The second-order valence-corrected chi connectivity index (χ2v) is 6.95. The van der Waals surface area contributed by atoms with E-state index >= 15 is 0 Å². The highest BCUT2D eigenvalue weighted by atomic mass is 15.3. The maximum atomic E-state index is 3.81. The van der Waals surface area contributed by atoms with Gasteiger partial charge in [0.1, 0.15) is 0 Å². The van der Waals surface area contributed by atoms with Crippen molar-refractivity contribution in [2.24, 2.45) is 5.92 Å². The van der Waals surface area contributed by atoms with Crippen LogP contribution in [-0.2, 0) is 0 Å². The standard InChI is InChI=1S/C16H33N3/c1-5-9-17-15-7-6-13(2)11-16(15)19-10-8-14(12-19)18(3)4/h13-17H,5-12H2,1-4H3. The van der Waals surface area contributed by atoms with Crippen LogP contribution >= 0.6 is 0 Å². The van der Waals surface area contributed by atoms with E-state index in [0.29, 0.717) is 0 Å². The van der Waals surface area contributed by atoms with Gasteiger partial charge in [-0.1, -0.05) is 13.8 Å². The first-order valence-corrected chi connectivity index (χ1v) is 8.25. The van der Waals surface area contributed by atoms with Crippen molar-refractivity contribution in [1.82, 2.24) is 15.1 Å². The van der Waals surface area contributed by atoms with E-state index in [1.54, 1.807) is 0 Å². The first-order chi connectivity index (χ1) is 9.11. The molecule has 4 atom stereocenters. The summed E-state index contributed by atoms with van der Waals surface area (Å²) in [6.07, 6.45) is 6.76. The predicted octanol–water partition coefficient (Wildman–Crippen LogP) is 2.18. The van der Waals surface area contributed by atoms with Crippen molar-refractivity contribution in [3.8, 4) is 0 Å². The summed E-state index contributed by atoms with van der Waals surface area (Å²) in [5.74, 6) is 0.906. The number of hydrogen-bond donors (Lipinski definition) is 1. The number of nitrogens with zero attached hydrogens (tertiary/aromatic N) is 2. The van der Waals surface area contributed by atoms with Crippen LogP contribution in [0.5, 0.6) is 0 Å². The molecule has 1 saturated carbocycles. The molecule has 0 spiro atoms. The monoisotopic (exact) mass is 267 g/mol. The molecule has 0 aromatic rings. The number of nitrogens with one attached hydrogen (secondary N) is 1. The van der Waals surface area contributed by atoms with E-state index in [0.717, 1.165) is 24.0 Å². The molecule has 112 valence electrons. The first-order valence-electron chi connectivity index (χ1n) is 8.25. The molecule has 4 unspecified atom stereocenters. The zero-order valence-corrected chi connectivity index (χ0v) is 13.4. The molecular formula is C16H33N3. The van der Waals surface area contributed by atoms with Gasteiger partial charge in [0, 0.05) is 31.2 Å². The largest absolute Gasteiger partial charge is 0.312 e. The predicted molar refractivity (Wildman–Crippen MR) is 82.5 cm³/mol. The maximum absolute atomic E-state index is 3.81. The second kappa shape index (κ2) is 7.05. The highest BCUT2D eigenvalue weighted by molar-refractivity contribution is 4.94. The topological polar surface area (TPSA) is 18.5 Å².